The number of aromatic nitrogens is 4. The first kappa shape index (κ1) is 29.0. The van der Waals surface area contributed by atoms with E-state index in [1.165, 1.54) is 0 Å². The summed E-state index contributed by atoms with van der Waals surface area (Å²) in [6, 6.07) is 10.5. The minimum Gasteiger partial charge on any atom is -0.492 e. The van der Waals surface area contributed by atoms with Crippen LogP contribution >= 0.6 is 0 Å². The van der Waals surface area contributed by atoms with Crippen LogP contribution in [-0.4, -0.2) is 61.9 Å². The molecule has 11 nitrogen and oxygen atoms in total. The number of aryl methyl sites for hydroxylation is 1. The van der Waals surface area contributed by atoms with E-state index < -0.39 is 17.7 Å². The largest absolute Gasteiger partial charge is 0.492 e. The lowest BCUT2D eigenvalue weighted by Gasteiger charge is -2.29. The summed E-state index contributed by atoms with van der Waals surface area (Å²) < 4.78 is 13.2. The van der Waals surface area contributed by atoms with Crippen molar-refractivity contribution in [1.29, 1.82) is 0 Å². The Hall–Kier alpha value is -4.95. The fourth-order valence-electron chi connectivity index (χ4n) is 3.89. The first-order valence-electron chi connectivity index (χ1n) is 13.0. The number of nitrogens with one attached hydrogen (secondary N) is 2. The number of rotatable bonds is 10. The summed E-state index contributed by atoms with van der Waals surface area (Å²) in [6.45, 7) is 7.32. The van der Waals surface area contributed by atoms with Crippen LogP contribution < -0.4 is 15.5 Å². The summed E-state index contributed by atoms with van der Waals surface area (Å²) in [5.74, 6) is 3.60. The van der Waals surface area contributed by atoms with E-state index >= 15 is 0 Å². The average Bonchev–Trinajstić information content (AvgIpc) is 3.37. The van der Waals surface area contributed by atoms with Gasteiger partial charge in [0.05, 0.1) is 11.7 Å². The molecule has 0 bridgehead atoms. The van der Waals surface area contributed by atoms with Crippen LogP contribution in [-0.2, 0) is 16.6 Å². The Morgan fingerprint density at radius 1 is 1.20 bits per heavy atom. The lowest BCUT2D eigenvalue weighted by molar-refractivity contribution is -0.113. The van der Waals surface area contributed by atoms with Gasteiger partial charge in [-0.05, 0) is 63.6 Å². The number of hydrazine groups is 1. The van der Waals surface area contributed by atoms with E-state index in [9.17, 15) is 9.59 Å². The van der Waals surface area contributed by atoms with Crippen LogP contribution in [0.1, 0.15) is 33.3 Å². The molecule has 2 N–H and O–H groups in total. The van der Waals surface area contributed by atoms with E-state index in [4.69, 9.17) is 15.9 Å². The molecule has 4 rings (SSSR count). The van der Waals surface area contributed by atoms with Crippen molar-refractivity contribution in [2.24, 2.45) is 7.05 Å². The van der Waals surface area contributed by atoms with Gasteiger partial charge in [-0.25, -0.2) is 25.2 Å². The van der Waals surface area contributed by atoms with Gasteiger partial charge in [-0.2, -0.15) is 5.10 Å². The number of hydrogen-bond acceptors (Lipinski definition) is 9. The van der Waals surface area contributed by atoms with Crippen molar-refractivity contribution >= 4 is 34.9 Å². The molecule has 0 aliphatic heterocycles. The van der Waals surface area contributed by atoms with Gasteiger partial charge < -0.3 is 19.6 Å². The number of aldehydes is 1. The summed E-state index contributed by atoms with van der Waals surface area (Å²) in [7, 11) is 1.85. The molecule has 0 radical (unpaired) electrons. The third kappa shape index (κ3) is 7.80. The van der Waals surface area contributed by atoms with Crippen molar-refractivity contribution in [2.75, 3.05) is 18.5 Å². The second kappa shape index (κ2) is 12.5. The summed E-state index contributed by atoms with van der Waals surface area (Å²) in [4.78, 5) is 33.0. The van der Waals surface area contributed by atoms with Crippen LogP contribution in [0, 0.1) is 12.3 Å². The van der Waals surface area contributed by atoms with Gasteiger partial charge in [0.1, 0.15) is 30.3 Å². The summed E-state index contributed by atoms with van der Waals surface area (Å²) in [5, 5.41) is 9.53. The van der Waals surface area contributed by atoms with E-state index in [0.717, 1.165) is 32.6 Å². The molecule has 0 saturated carbocycles. The molecule has 0 saturated heterocycles. The molecule has 1 atom stereocenters. The van der Waals surface area contributed by atoms with Crippen LogP contribution in [0.5, 0.6) is 5.75 Å². The van der Waals surface area contributed by atoms with Crippen molar-refractivity contribution in [1.82, 2.24) is 30.2 Å². The number of benzene rings is 2. The highest BCUT2D eigenvalue weighted by molar-refractivity contribution is 5.81. The highest BCUT2D eigenvalue weighted by Gasteiger charge is 2.25. The molecule has 2 aromatic carbocycles. The molecule has 11 heteroatoms. The van der Waals surface area contributed by atoms with E-state index in [0.29, 0.717) is 23.7 Å². The molecule has 2 heterocycles. The predicted molar refractivity (Wildman–Crippen MR) is 156 cm³/mol. The van der Waals surface area contributed by atoms with Gasteiger partial charge in [-0.3, -0.25) is 4.68 Å². The Kier molecular flexibility index (Phi) is 8.84. The SMILES string of the molecule is C#Cc1ccc2nc(Nc3cc(OCCNN(C(=O)OC(C)(C)C)[C@H](C)C=O)cc(-c4cnn(C)c4)c3)ncc2c1. The first-order chi connectivity index (χ1) is 19.5. The molecule has 41 heavy (non-hydrogen) atoms. The van der Waals surface area contributed by atoms with Crippen LogP contribution in [0.2, 0.25) is 0 Å². The molecule has 0 aliphatic carbocycles. The van der Waals surface area contributed by atoms with Crippen molar-refractivity contribution < 1.29 is 19.1 Å². The molecule has 4 aromatic rings. The van der Waals surface area contributed by atoms with Gasteiger partial charge in [0.25, 0.3) is 0 Å². The number of fused-ring (bicyclic) bond motifs is 1. The molecule has 1 amide bonds. The number of hydrogen-bond donors (Lipinski definition) is 2. The van der Waals surface area contributed by atoms with E-state index in [-0.39, 0.29) is 13.2 Å². The summed E-state index contributed by atoms with van der Waals surface area (Å²) >= 11 is 0. The fourth-order valence-corrected chi connectivity index (χ4v) is 3.89. The molecule has 212 valence electrons. The molecule has 2 aromatic heterocycles. The minimum absolute atomic E-state index is 0.199. The monoisotopic (exact) mass is 555 g/mol. The zero-order chi connectivity index (χ0) is 29.6. The number of carbonyl (C=O) groups is 2. The van der Waals surface area contributed by atoms with Crippen LogP contribution in [0.3, 0.4) is 0 Å². The van der Waals surface area contributed by atoms with Crippen LogP contribution in [0.15, 0.2) is 55.0 Å². The zero-order valence-electron chi connectivity index (χ0n) is 23.7. The van der Waals surface area contributed by atoms with E-state index in [2.05, 4.69) is 31.7 Å². The third-order valence-corrected chi connectivity index (χ3v) is 5.79. The second-order valence-electron chi connectivity index (χ2n) is 10.4. The van der Waals surface area contributed by atoms with Crippen LogP contribution in [0.25, 0.3) is 22.0 Å². The number of carbonyl (C=O) groups excluding carboxylic acids is 2. The maximum Gasteiger partial charge on any atom is 0.425 e. The smallest absolute Gasteiger partial charge is 0.425 e. The Balaban J connectivity index is 1.51. The van der Waals surface area contributed by atoms with Gasteiger partial charge >= 0.3 is 6.09 Å². The molecular weight excluding hydrogens is 522 g/mol. The first-order valence-corrected chi connectivity index (χ1v) is 13.0. The van der Waals surface area contributed by atoms with Crippen molar-refractivity contribution in [3.8, 4) is 29.2 Å². The normalized spacial score (nSPS) is 11.9. The molecule has 0 spiro atoms. The molecular formula is C30H33N7O4. The van der Waals surface area contributed by atoms with Crippen LogP contribution in [0.4, 0.5) is 16.4 Å². The quantitative estimate of drug-likeness (QED) is 0.126. The van der Waals surface area contributed by atoms with Gasteiger partial charge in [0.2, 0.25) is 5.95 Å². The van der Waals surface area contributed by atoms with Crippen molar-refractivity contribution in [2.45, 2.75) is 39.3 Å². The van der Waals surface area contributed by atoms with Crippen molar-refractivity contribution in [3.05, 3.63) is 60.6 Å². The van der Waals surface area contributed by atoms with E-state index in [1.807, 2.05) is 49.6 Å². The number of amides is 1. The number of ether oxygens (including phenoxy) is 2. The lowest BCUT2D eigenvalue weighted by Crippen LogP contribution is -2.52. The van der Waals surface area contributed by atoms with Gasteiger partial charge in [0, 0.05) is 54.3 Å². The zero-order valence-corrected chi connectivity index (χ0v) is 23.7. The Morgan fingerprint density at radius 2 is 2.00 bits per heavy atom. The maximum atomic E-state index is 12.6. The summed E-state index contributed by atoms with van der Waals surface area (Å²) in [5.41, 5.74) is 6.23. The van der Waals surface area contributed by atoms with E-state index in [1.54, 1.807) is 44.8 Å². The second-order valence-corrected chi connectivity index (χ2v) is 10.4. The molecule has 0 unspecified atom stereocenters. The standard InChI is InChI=1S/C30H33N7O4/c1-7-21-8-9-27-23(12-21)16-31-28(35-27)34-25-13-22(24-17-33-36(6)18-24)14-26(15-25)40-11-10-32-37(20(2)19-38)29(39)41-30(3,4)5/h1,8-9,12-20,32H,10-11H2,2-6H3,(H,31,34,35)/t20-/m1/s1. The highest BCUT2D eigenvalue weighted by Crippen LogP contribution is 2.30. The van der Waals surface area contributed by atoms with Gasteiger partial charge in [-0.15, -0.1) is 6.42 Å². The minimum atomic E-state index is -0.727. The fraction of sp³-hybridized carbons (Fsp3) is 0.300. The average molecular weight is 556 g/mol. The third-order valence-electron chi connectivity index (χ3n) is 5.79. The topological polar surface area (TPSA) is 124 Å². The molecule has 0 fully saturated rings. The Bertz CT molecular complexity index is 1590. The lowest BCUT2D eigenvalue weighted by atomic mass is 10.1. The highest BCUT2D eigenvalue weighted by atomic mass is 16.6. The maximum absolute atomic E-state index is 12.6. The Labute approximate surface area is 238 Å². The number of anilines is 2. The predicted octanol–water partition coefficient (Wildman–Crippen LogP) is 4.46. The Morgan fingerprint density at radius 3 is 2.68 bits per heavy atom. The summed E-state index contributed by atoms with van der Waals surface area (Å²) in [6.07, 6.45) is 10.9. The van der Waals surface area contributed by atoms with Crippen molar-refractivity contribution in [3.63, 3.8) is 0 Å². The molecule has 0 aliphatic rings. The van der Waals surface area contributed by atoms with Gasteiger partial charge in [0.15, 0.2) is 0 Å². The van der Waals surface area contributed by atoms with Gasteiger partial charge in [-0.1, -0.05) is 5.92 Å². The number of terminal acetylenes is 1. The number of nitrogens with zero attached hydrogens (tertiary/aromatic N) is 5.